The van der Waals surface area contributed by atoms with Gasteiger partial charge in [-0.15, -0.1) is 6.58 Å². The van der Waals surface area contributed by atoms with Gasteiger partial charge in [-0.25, -0.2) is 4.79 Å². The lowest BCUT2D eigenvalue weighted by Crippen LogP contribution is -2.57. The predicted molar refractivity (Wildman–Crippen MR) is 78.5 cm³/mol. The fourth-order valence-corrected chi connectivity index (χ4v) is 3.20. The number of amides is 2. The first-order chi connectivity index (χ1) is 9.08. The normalized spacial score (nSPS) is 17.1. The molecule has 1 aromatic rings. The lowest BCUT2D eigenvalue weighted by atomic mass is 10.2. The molecule has 0 radical (unpaired) electrons. The lowest BCUT2D eigenvalue weighted by Gasteiger charge is -2.39. The Hall–Kier alpha value is -1.40. The largest absolute Gasteiger partial charge is 0.327 e. The molecule has 104 valence electrons. The Bertz CT molecular complexity index is 485. The minimum atomic E-state index is 0.0346. The van der Waals surface area contributed by atoms with Crippen LogP contribution in [0.5, 0.6) is 0 Å². The number of anilines is 1. The van der Waals surface area contributed by atoms with Crippen molar-refractivity contribution in [2.24, 2.45) is 0 Å². The van der Waals surface area contributed by atoms with Gasteiger partial charge in [0.25, 0.3) is 0 Å². The molecule has 19 heavy (non-hydrogen) atoms. The van der Waals surface area contributed by atoms with Gasteiger partial charge in [-0.05, 0) is 31.9 Å². The Kier molecular flexibility index (Phi) is 4.21. The van der Waals surface area contributed by atoms with Gasteiger partial charge >= 0.3 is 6.03 Å². The van der Waals surface area contributed by atoms with Gasteiger partial charge in [0.1, 0.15) is 5.00 Å². The van der Waals surface area contributed by atoms with Crippen molar-refractivity contribution in [1.29, 1.82) is 0 Å². The topological polar surface area (TPSA) is 39.7 Å². The number of urea groups is 1. The maximum absolute atomic E-state index is 12.5. The minimum Gasteiger partial charge on any atom is -0.308 e. The molecule has 1 saturated heterocycles. The van der Waals surface area contributed by atoms with Crippen molar-refractivity contribution in [3.63, 3.8) is 0 Å². The van der Waals surface area contributed by atoms with E-state index in [0.29, 0.717) is 19.9 Å². The summed E-state index contributed by atoms with van der Waals surface area (Å²) in [6.45, 7) is 9.64. The van der Waals surface area contributed by atoms with E-state index in [4.69, 9.17) is 0 Å². The van der Waals surface area contributed by atoms with Crippen LogP contribution >= 0.6 is 11.5 Å². The van der Waals surface area contributed by atoms with Crippen molar-refractivity contribution in [3.8, 4) is 0 Å². The van der Waals surface area contributed by atoms with E-state index in [9.17, 15) is 4.79 Å². The number of rotatable bonds is 4. The Labute approximate surface area is 118 Å². The Balaban J connectivity index is 2.28. The quantitative estimate of drug-likeness (QED) is 0.794. The van der Waals surface area contributed by atoms with Crippen molar-refractivity contribution < 1.29 is 4.79 Å². The number of hydrogen-bond acceptors (Lipinski definition) is 4. The number of aromatic nitrogens is 1. The average molecular weight is 280 g/mol. The van der Waals surface area contributed by atoms with E-state index in [0.717, 1.165) is 22.7 Å². The summed E-state index contributed by atoms with van der Waals surface area (Å²) in [6.07, 6.45) is 2.66. The average Bonchev–Trinajstić information content (AvgIpc) is 2.75. The molecule has 0 spiro atoms. The molecule has 1 fully saturated rings. The summed E-state index contributed by atoms with van der Waals surface area (Å²) >= 11 is 1.41. The number of nitrogens with zero attached hydrogens (tertiary/aromatic N) is 4. The van der Waals surface area contributed by atoms with Crippen molar-refractivity contribution in [2.45, 2.75) is 20.3 Å². The molecule has 1 aromatic heterocycles. The van der Waals surface area contributed by atoms with Crippen LogP contribution < -0.4 is 4.90 Å². The third kappa shape index (κ3) is 2.64. The first-order valence-electron chi connectivity index (χ1n) is 6.39. The van der Waals surface area contributed by atoms with Crippen molar-refractivity contribution in [3.05, 3.63) is 23.9 Å². The standard InChI is InChI=1S/C13H20N4OS/c1-5-7-16-8-15(4)9-17(13(16)18)12-10(3)11(6-2)14-19-12/h5H,1,6-9H2,2-4H3. The molecule has 2 rings (SSSR count). The fraction of sp³-hybridized carbons (Fsp3) is 0.538. The smallest absolute Gasteiger partial charge is 0.308 e. The monoisotopic (exact) mass is 280 g/mol. The summed E-state index contributed by atoms with van der Waals surface area (Å²) in [7, 11) is 2.01. The molecule has 2 heterocycles. The van der Waals surface area contributed by atoms with E-state index in [1.54, 1.807) is 15.9 Å². The highest BCUT2D eigenvalue weighted by atomic mass is 32.1. The molecule has 5 nitrogen and oxygen atoms in total. The predicted octanol–water partition coefficient (Wildman–Crippen LogP) is 2.29. The second kappa shape index (κ2) is 5.71. The van der Waals surface area contributed by atoms with Crippen LogP contribution in [0.3, 0.4) is 0 Å². The van der Waals surface area contributed by atoms with Gasteiger partial charge in [-0.3, -0.25) is 9.80 Å². The number of aryl methyl sites for hydroxylation is 1. The number of carbonyl (C=O) groups excluding carboxylic acids is 1. The van der Waals surface area contributed by atoms with E-state index in [2.05, 4.69) is 22.8 Å². The van der Waals surface area contributed by atoms with Gasteiger partial charge in [0.05, 0.1) is 19.0 Å². The summed E-state index contributed by atoms with van der Waals surface area (Å²) in [5.74, 6) is 0. The van der Waals surface area contributed by atoms with Crippen molar-refractivity contribution >= 4 is 22.6 Å². The van der Waals surface area contributed by atoms with Crippen molar-refractivity contribution in [1.82, 2.24) is 14.2 Å². The molecule has 0 bridgehead atoms. The molecule has 0 aromatic carbocycles. The third-order valence-electron chi connectivity index (χ3n) is 3.22. The molecule has 0 saturated carbocycles. The van der Waals surface area contributed by atoms with Crippen LogP contribution in [0.4, 0.5) is 9.80 Å². The van der Waals surface area contributed by atoms with Crippen LogP contribution in [0.25, 0.3) is 0 Å². The van der Waals surface area contributed by atoms with Gasteiger partial charge in [-0.2, -0.15) is 4.37 Å². The zero-order valence-electron chi connectivity index (χ0n) is 11.7. The molecule has 0 N–H and O–H groups in total. The summed E-state index contributed by atoms with van der Waals surface area (Å²) in [5.41, 5.74) is 2.20. The van der Waals surface area contributed by atoms with Gasteiger partial charge in [0.2, 0.25) is 0 Å². The van der Waals surface area contributed by atoms with E-state index < -0.39 is 0 Å². The molecule has 0 aliphatic carbocycles. The second-order valence-corrected chi connectivity index (χ2v) is 5.53. The van der Waals surface area contributed by atoms with E-state index in [1.807, 2.05) is 14.0 Å². The third-order valence-corrected chi connectivity index (χ3v) is 4.23. The van der Waals surface area contributed by atoms with E-state index in [-0.39, 0.29) is 6.03 Å². The summed E-state index contributed by atoms with van der Waals surface area (Å²) in [6, 6.07) is 0.0346. The number of hydrogen-bond donors (Lipinski definition) is 0. The number of carbonyl (C=O) groups is 1. The Morgan fingerprint density at radius 3 is 2.79 bits per heavy atom. The van der Waals surface area contributed by atoms with E-state index in [1.165, 1.54) is 11.5 Å². The fourth-order valence-electron chi connectivity index (χ4n) is 2.25. The molecule has 0 atom stereocenters. The van der Waals surface area contributed by atoms with Crippen LogP contribution in [0, 0.1) is 6.92 Å². The van der Waals surface area contributed by atoms with Gasteiger partial charge in [0.15, 0.2) is 0 Å². The van der Waals surface area contributed by atoms with Gasteiger partial charge in [-0.1, -0.05) is 13.0 Å². The highest BCUT2D eigenvalue weighted by Crippen LogP contribution is 2.30. The van der Waals surface area contributed by atoms with Crippen LogP contribution in [-0.4, -0.2) is 47.1 Å². The zero-order valence-corrected chi connectivity index (χ0v) is 12.5. The zero-order chi connectivity index (χ0) is 14.0. The first kappa shape index (κ1) is 14.0. The van der Waals surface area contributed by atoms with Crippen LogP contribution in [-0.2, 0) is 6.42 Å². The maximum Gasteiger partial charge on any atom is 0.327 e. The highest BCUT2D eigenvalue weighted by molar-refractivity contribution is 7.10. The van der Waals surface area contributed by atoms with Crippen LogP contribution in [0.1, 0.15) is 18.2 Å². The van der Waals surface area contributed by atoms with Gasteiger partial charge < -0.3 is 4.90 Å². The summed E-state index contributed by atoms with van der Waals surface area (Å²) in [5, 5.41) is 0.961. The Morgan fingerprint density at radius 1 is 1.47 bits per heavy atom. The van der Waals surface area contributed by atoms with Crippen molar-refractivity contribution in [2.75, 3.05) is 31.8 Å². The summed E-state index contributed by atoms with van der Waals surface area (Å²) in [4.78, 5) is 18.2. The molecule has 1 aliphatic rings. The first-order valence-corrected chi connectivity index (χ1v) is 7.16. The SMILES string of the molecule is C=CCN1CN(C)CN(c2snc(CC)c2C)C1=O. The van der Waals surface area contributed by atoms with Gasteiger partial charge in [0, 0.05) is 12.1 Å². The molecule has 6 heteroatoms. The Morgan fingerprint density at radius 2 is 2.21 bits per heavy atom. The van der Waals surface area contributed by atoms with E-state index >= 15 is 0 Å². The van der Waals surface area contributed by atoms with Crippen LogP contribution in [0.2, 0.25) is 0 Å². The molecule has 2 amide bonds. The molecular weight excluding hydrogens is 260 g/mol. The molecular formula is C13H20N4OS. The summed E-state index contributed by atoms with van der Waals surface area (Å²) < 4.78 is 4.43. The molecule has 0 unspecified atom stereocenters. The maximum atomic E-state index is 12.5. The van der Waals surface area contributed by atoms with Crippen LogP contribution in [0.15, 0.2) is 12.7 Å². The minimum absolute atomic E-state index is 0.0346. The molecule has 1 aliphatic heterocycles. The second-order valence-electron chi connectivity index (χ2n) is 4.77. The lowest BCUT2D eigenvalue weighted by molar-refractivity contribution is 0.140. The highest BCUT2D eigenvalue weighted by Gasteiger charge is 2.31.